The van der Waals surface area contributed by atoms with Crippen LogP contribution in [-0.4, -0.2) is 29.6 Å². The number of hydrogen-bond acceptors (Lipinski definition) is 3. The summed E-state index contributed by atoms with van der Waals surface area (Å²) in [5.74, 6) is 0.982. The molecule has 4 rings (SSSR count). The average Bonchev–Trinajstić information content (AvgIpc) is 3.03. The summed E-state index contributed by atoms with van der Waals surface area (Å²) in [5.41, 5.74) is 1.51. The van der Waals surface area contributed by atoms with Gasteiger partial charge in [-0.15, -0.1) is 0 Å². The van der Waals surface area contributed by atoms with E-state index < -0.39 is 0 Å². The third kappa shape index (κ3) is 2.95. The van der Waals surface area contributed by atoms with Crippen LogP contribution in [0.1, 0.15) is 50.5 Å². The Morgan fingerprint density at radius 1 is 1.20 bits per heavy atom. The van der Waals surface area contributed by atoms with Gasteiger partial charge in [-0.2, -0.15) is 11.3 Å². The molecule has 1 aromatic rings. The lowest BCUT2D eigenvalue weighted by atomic mass is 9.85. The Bertz CT molecular complexity index is 412. The molecule has 0 aromatic carbocycles. The Morgan fingerprint density at radius 3 is 2.85 bits per heavy atom. The van der Waals surface area contributed by atoms with Crippen LogP contribution in [-0.2, 0) is 6.54 Å². The van der Waals surface area contributed by atoms with Gasteiger partial charge in [0, 0.05) is 31.2 Å². The summed E-state index contributed by atoms with van der Waals surface area (Å²) in [7, 11) is 0. The van der Waals surface area contributed by atoms with E-state index in [4.69, 9.17) is 0 Å². The highest BCUT2D eigenvalue weighted by Gasteiger charge is 2.37. The molecule has 2 aliphatic carbocycles. The topological polar surface area (TPSA) is 15.3 Å². The number of hydrogen-bond donors (Lipinski definition) is 1. The van der Waals surface area contributed by atoms with E-state index >= 15 is 0 Å². The van der Waals surface area contributed by atoms with Crippen molar-refractivity contribution in [3.05, 3.63) is 22.4 Å². The van der Waals surface area contributed by atoms with Crippen molar-refractivity contribution in [3.63, 3.8) is 0 Å². The maximum Gasteiger partial charge on any atom is 0.0245 e. The first-order valence-electron chi connectivity index (χ1n) is 8.39. The summed E-state index contributed by atoms with van der Waals surface area (Å²) in [5, 5.41) is 8.47. The molecule has 1 N–H and O–H groups in total. The monoisotopic (exact) mass is 290 g/mol. The zero-order valence-electron chi connectivity index (χ0n) is 12.3. The third-order valence-corrected chi connectivity index (χ3v) is 6.16. The molecule has 1 aromatic heterocycles. The van der Waals surface area contributed by atoms with Crippen LogP contribution in [0.25, 0.3) is 0 Å². The molecular formula is C17H26N2S. The number of rotatable bonds is 5. The first-order chi connectivity index (χ1) is 9.88. The molecule has 3 fully saturated rings. The molecule has 2 heterocycles. The summed E-state index contributed by atoms with van der Waals surface area (Å²) in [6.45, 7) is 2.44. The van der Waals surface area contributed by atoms with Gasteiger partial charge in [-0.1, -0.05) is 12.8 Å². The maximum absolute atomic E-state index is 3.95. The summed E-state index contributed by atoms with van der Waals surface area (Å²) >= 11 is 1.83. The zero-order valence-corrected chi connectivity index (χ0v) is 13.1. The van der Waals surface area contributed by atoms with Gasteiger partial charge >= 0.3 is 0 Å². The molecule has 3 atom stereocenters. The van der Waals surface area contributed by atoms with Gasteiger partial charge in [-0.05, 0) is 60.4 Å². The van der Waals surface area contributed by atoms with Gasteiger partial charge in [0.2, 0.25) is 0 Å². The molecule has 0 radical (unpaired) electrons. The van der Waals surface area contributed by atoms with E-state index in [9.17, 15) is 0 Å². The molecule has 3 unspecified atom stereocenters. The molecule has 110 valence electrons. The van der Waals surface area contributed by atoms with Crippen LogP contribution in [0.2, 0.25) is 0 Å². The number of fused-ring (bicyclic) bond motifs is 1. The molecule has 0 bridgehead atoms. The Kier molecular flexibility index (Phi) is 3.84. The lowest BCUT2D eigenvalue weighted by Gasteiger charge is -2.26. The van der Waals surface area contributed by atoms with E-state index in [1.807, 2.05) is 11.3 Å². The Morgan fingerprint density at radius 2 is 2.10 bits per heavy atom. The van der Waals surface area contributed by atoms with Gasteiger partial charge < -0.3 is 5.32 Å². The van der Waals surface area contributed by atoms with Crippen molar-refractivity contribution in [2.75, 3.05) is 6.54 Å². The largest absolute Gasteiger partial charge is 0.310 e. The van der Waals surface area contributed by atoms with Crippen molar-refractivity contribution in [3.8, 4) is 0 Å². The smallest absolute Gasteiger partial charge is 0.0245 e. The molecular weight excluding hydrogens is 264 g/mol. The van der Waals surface area contributed by atoms with Gasteiger partial charge in [-0.3, -0.25) is 4.90 Å². The highest BCUT2D eigenvalue weighted by molar-refractivity contribution is 7.07. The van der Waals surface area contributed by atoms with Crippen LogP contribution in [0.4, 0.5) is 0 Å². The summed E-state index contributed by atoms with van der Waals surface area (Å²) in [6, 6.07) is 4.76. The highest BCUT2D eigenvalue weighted by Crippen LogP contribution is 2.35. The quantitative estimate of drug-likeness (QED) is 0.891. The second kappa shape index (κ2) is 5.78. The zero-order chi connectivity index (χ0) is 13.4. The summed E-state index contributed by atoms with van der Waals surface area (Å²) in [6.07, 6.45) is 10.1. The van der Waals surface area contributed by atoms with Crippen molar-refractivity contribution in [1.82, 2.24) is 10.2 Å². The van der Waals surface area contributed by atoms with Crippen LogP contribution in [0.3, 0.4) is 0 Å². The normalized spacial score (nSPS) is 33.5. The van der Waals surface area contributed by atoms with Crippen molar-refractivity contribution >= 4 is 11.3 Å². The Balaban J connectivity index is 1.36. The fourth-order valence-corrected chi connectivity index (χ4v) is 4.92. The van der Waals surface area contributed by atoms with E-state index in [-0.39, 0.29) is 0 Å². The second-order valence-corrected chi connectivity index (χ2v) is 7.82. The molecule has 2 saturated carbocycles. The molecule has 3 aliphatic rings. The number of thiophene rings is 1. The van der Waals surface area contributed by atoms with E-state index in [2.05, 4.69) is 27.0 Å². The predicted molar refractivity (Wildman–Crippen MR) is 85.0 cm³/mol. The summed E-state index contributed by atoms with van der Waals surface area (Å²) < 4.78 is 0. The fourth-order valence-electron chi connectivity index (χ4n) is 4.26. The van der Waals surface area contributed by atoms with Crippen LogP contribution >= 0.6 is 11.3 Å². The van der Waals surface area contributed by atoms with Crippen molar-refractivity contribution < 1.29 is 0 Å². The Labute approximate surface area is 126 Å². The van der Waals surface area contributed by atoms with Gasteiger partial charge in [-0.25, -0.2) is 0 Å². The Hall–Kier alpha value is -0.380. The molecule has 20 heavy (non-hydrogen) atoms. The fraction of sp³-hybridized carbons (Fsp3) is 0.765. The van der Waals surface area contributed by atoms with E-state index in [0.29, 0.717) is 0 Å². The van der Waals surface area contributed by atoms with Crippen molar-refractivity contribution in [2.45, 2.75) is 69.6 Å². The van der Waals surface area contributed by atoms with Crippen molar-refractivity contribution in [2.24, 2.45) is 5.92 Å². The van der Waals surface area contributed by atoms with Gasteiger partial charge in [0.05, 0.1) is 0 Å². The minimum absolute atomic E-state index is 0.752. The molecule has 1 aliphatic heterocycles. The molecule has 3 heteroatoms. The SMILES string of the molecule is c1cc(CN(CC2CC3CCCCC3N2)C2CC2)cs1. The molecule has 2 nitrogen and oxygen atoms in total. The minimum Gasteiger partial charge on any atom is -0.310 e. The number of nitrogens with one attached hydrogen (secondary N) is 1. The molecule has 0 amide bonds. The highest BCUT2D eigenvalue weighted by atomic mass is 32.1. The maximum atomic E-state index is 3.95. The van der Waals surface area contributed by atoms with Gasteiger partial charge in [0.1, 0.15) is 0 Å². The molecule has 1 saturated heterocycles. The average molecular weight is 290 g/mol. The first kappa shape index (κ1) is 13.3. The standard InChI is InChI=1S/C17H26N2S/c1-2-4-17-14(3-1)9-15(18-17)11-19(16-5-6-16)10-13-7-8-20-12-13/h7-8,12,14-18H,1-6,9-11H2. The van der Waals surface area contributed by atoms with Crippen LogP contribution < -0.4 is 5.32 Å². The van der Waals surface area contributed by atoms with Crippen LogP contribution in [0.5, 0.6) is 0 Å². The lowest BCUT2D eigenvalue weighted by Crippen LogP contribution is -2.41. The van der Waals surface area contributed by atoms with E-state index in [1.54, 1.807) is 0 Å². The number of nitrogens with zero attached hydrogens (tertiary/aromatic N) is 1. The predicted octanol–water partition coefficient (Wildman–Crippen LogP) is 3.63. The summed E-state index contributed by atoms with van der Waals surface area (Å²) in [4.78, 5) is 2.75. The van der Waals surface area contributed by atoms with Gasteiger partial charge in [0.25, 0.3) is 0 Å². The van der Waals surface area contributed by atoms with Gasteiger partial charge in [0.15, 0.2) is 0 Å². The lowest BCUT2D eigenvalue weighted by molar-refractivity contribution is 0.228. The second-order valence-electron chi connectivity index (χ2n) is 7.04. The van der Waals surface area contributed by atoms with Crippen molar-refractivity contribution in [1.29, 1.82) is 0 Å². The first-order valence-corrected chi connectivity index (χ1v) is 9.34. The van der Waals surface area contributed by atoms with E-state index in [0.717, 1.165) is 24.0 Å². The minimum atomic E-state index is 0.752. The van der Waals surface area contributed by atoms with Crippen LogP contribution in [0, 0.1) is 5.92 Å². The van der Waals surface area contributed by atoms with E-state index in [1.165, 1.54) is 63.6 Å². The third-order valence-electron chi connectivity index (χ3n) is 5.43. The molecule has 0 spiro atoms. The van der Waals surface area contributed by atoms with Crippen LogP contribution in [0.15, 0.2) is 16.8 Å².